The van der Waals surface area contributed by atoms with Crippen LogP contribution < -0.4 is 10.6 Å². The molecule has 0 aliphatic carbocycles. The molecule has 24 heavy (non-hydrogen) atoms. The number of hydrogen-bond acceptors (Lipinski definition) is 3. The van der Waals surface area contributed by atoms with Crippen molar-refractivity contribution in [3.63, 3.8) is 0 Å². The van der Waals surface area contributed by atoms with Gasteiger partial charge >= 0.3 is 6.03 Å². The SMILES string of the molecule is O=C(CN1C(=O)NC(c2ccccc2)C1=O)Nc1ccc(F)cc1. The molecular formula is C17H14FN3O3. The Hall–Kier alpha value is -3.22. The second kappa shape index (κ2) is 6.49. The first kappa shape index (κ1) is 15.7. The molecule has 0 saturated carbocycles. The zero-order valence-electron chi connectivity index (χ0n) is 12.5. The summed E-state index contributed by atoms with van der Waals surface area (Å²) in [6.07, 6.45) is 0. The van der Waals surface area contributed by atoms with E-state index in [1.807, 2.05) is 0 Å². The number of amides is 4. The van der Waals surface area contributed by atoms with E-state index in [1.165, 1.54) is 24.3 Å². The molecule has 0 bridgehead atoms. The number of benzene rings is 2. The largest absolute Gasteiger partial charge is 0.325 e. The van der Waals surface area contributed by atoms with Crippen LogP contribution in [0.5, 0.6) is 0 Å². The summed E-state index contributed by atoms with van der Waals surface area (Å²) in [6, 6.07) is 12.6. The Bertz CT molecular complexity index is 777. The Kier molecular flexibility index (Phi) is 4.24. The van der Waals surface area contributed by atoms with Crippen LogP contribution in [-0.4, -0.2) is 29.3 Å². The number of hydrogen-bond donors (Lipinski definition) is 2. The fourth-order valence-corrected chi connectivity index (χ4v) is 2.42. The molecule has 0 spiro atoms. The van der Waals surface area contributed by atoms with Crippen molar-refractivity contribution >= 4 is 23.5 Å². The van der Waals surface area contributed by atoms with Crippen LogP contribution in [0.1, 0.15) is 11.6 Å². The van der Waals surface area contributed by atoms with Crippen molar-refractivity contribution in [2.24, 2.45) is 0 Å². The van der Waals surface area contributed by atoms with E-state index in [2.05, 4.69) is 10.6 Å². The highest BCUT2D eigenvalue weighted by Crippen LogP contribution is 2.21. The predicted molar refractivity (Wildman–Crippen MR) is 84.5 cm³/mol. The Morgan fingerprint density at radius 2 is 1.75 bits per heavy atom. The smallest absolute Gasteiger partial charge is 0.325 e. The van der Waals surface area contributed by atoms with Gasteiger partial charge in [-0.15, -0.1) is 0 Å². The van der Waals surface area contributed by atoms with Gasteiger partial charge in [0, 0.05) is 5.69 Å². The van der Waals surface area contributed by atoms with Gasteiger partial charge in [-0.1, -0.05) is 30.3 Å². The highest BCUT2D eigenvalue weighted by molar-refractivity contribution is 6.08. The molecule has 1 unspecified atom stereocenters. The number of imide groups is 1. The highest BCUT2D eigenvalue weighted by Gasteiger charge is 2.39. The third kappa shape index (κ3) is 3.24. The minimum Gasteiger partial charge on any atom is -0.325 e. The number of carbonyl (C=O) groups is 3. The van der Waals surface area contributed by atoms with Gasteiger partial charge in [-0.3, -0.25) is 14.5 Å². The van der Waals surface area contributed by atoms with E-state index in [4.69, 9.17) is 0 Å². The summed E-state index contributed by atoms with van der Waals surface area (Å²) in [5, 5.41) is 5.07. The molecule has 4 amide bonds. The molecule has 1 saturated heterocycles. The molecule has 1 aliphatic rings. The number of anilines is 1. The quantitative estimate of drug-likeness (QED) is 0.844. The minimum absolute atomic E-state index is 0.382. The maximum atomic E-state index is 12.8. The Labute approximate surface area is 137 Å². The third-order valence-electron chi connectivity index (χ3n) is 3.59. The lowest BCUT2D eigenvalue weighted by molar-refractivity contribution is -0.130. The van der Waals surface area contributed by atoms with E-state index < -0.39 is 36.2 Å². The molecule has 122 valence electrons. The Morgan fingerprint density at radius 1 is 1.08 bits per heavy atom. The first-order valence-electron chi connectivity index (χ1n) is 7.27. The van der Waals surface area contributed by atoms with Crippen molar-refractivity contribution in [1.82, 2.24) is 10.2 Å². The molecule has 6 nitrogen and oxygen atoms in total. The summed E-state index contributed by atoms with van der Waals surface area (Å²) in [6.45, 7) is -0.411. The van der Waals surface area contributed by atoms with Crippen LogP contribution in [0.15, 0.2) is 54.6 Å². The van der Waals surface area contributed by atoms with Crippen LogP contribution in [0.3, 0.4) is 0 Å². The maximum absolute atomic E-state index is 12.8. The predicted octanol–water partition coefficient (Wildman–Crippen LogP) is 2.06. The summed E-state index contributed by atoms with van der Waals surface area (Å²) in [7, 11) is 0. The molecule has 2 aromatic rings. The van der Waals surface area contributed by atoms with Gasteiger partial charge in [0.15, 0.2) is 0 Å². The van der Waals surface area contributed by atoms with E-state index >= 15 is 0 Å². The van der Waals surface area contributed by atoms with E-state index in [1.54, 1.807) is 30.3 Å². The minimum atomic E-state index is -0.794. The summed E-state index contributed by atoms with van der Waals surface area (Å²) in [5.74, 6) is -1.45. The van der Waals surface area contributed by atoms with Crippen LogP contribution in [0.25, 0.3) is 0 Å². The topological polar surface area (TPSA) is 78.5 Å². The molecule has 2 aromatic carbocycles. The number of halogens is 1. The van der Waals surface area contributed by atoms with E-state index in [0.29, 0.717) is 11.3 Å². The molecule has 7 heteroatoms. The van der Waals surface area contributed by atoms with Crippen molar-refractivity contribution in [3.8, 4) is 0 Å². The standard InChI is InChI=1S/C17H14FN3O3/c18-12-6-8-13(9-7-12)19-14(22)10-21-16(23)15(20-17(21)24)11-4-2-1-3-5-11/h1-9,15H,10H2,(H,19,22)(H,20,24). The first-order chi connectivity index (χ1) is 11.5. The molecule has 2 N–H and O–H groups in total. The molecule has 1 atom stereocenters. The van der Waals surface area contributed by atoms with Gasteiger partial charge in [-0.2, -0.15) is 0 Å². The summed E-state index contributed by atoms with van der Waals surface area (Å²) < 4.78 is 12.8. The number of rotatable bonds is 4. The molecule has 0 aromatic heterocycles. The lowest BCUT2D eigenvalue weighted by atomic mass is 10.1. The maximum Gasteiger partial charge on any atom is 0.325 e. The van der Waals surface area contributed by atoms with Crippen LogP contribution >= 0.6 is 0 Å². The molecule has 1 heterocycles. The van der Waals surface area contributed by atoms with Crippen molar-refractivity contribution in [2.75, 3.05) is 11.9 Å². The third-order valence-corrected chi connectivity index (χ3v) is 3.59. The van der Waals surface area contributed by atoms with Crippen LogP contribution in [-0.2, 0) is 9.59 Å². The van der Waals surface area contributed by atoms with Gasteiger partial charge in [-0.05, 0) is 29.8 Å². The van der Waals surface area contributed by atoms with Crippen molar-refractivity contribution in [1.29, 1.82) is 0 Å². The number of carbonyl (C=O) groups excluding carboxylic acids is 3. The van der Waals surface area contributed by atoms with Gasteiger partial charge < -0.3 is 10.6 Å². The van der Waals surface area contributed by atoms with Crippen molar-refractivity contribution in [3.05, 3.63) is 66.0 Å². The van der Waals surface area contributed by atoms with Gasteiger partial charge in [0.1, 0.15) is 18.4 Å². The fraction of sp³-hybridized carbons (Fsp3) is 0.118. The lowest BCUT2D eigenvalue weighted by Crippen LogP contribution is -2.38. The van der Waals surface area contributed by atoms with Gasteiger partial charge in [0.25, 0.3) is 5.91 Å². The number of urea groups is 1. The van der Waals surface area contributed by atoms with Gasteiger partial charge in [0.05, 0.1) is 0 Å². The highest BCUT2D eigenvalue weighted by atomic mass is 19.1. The normalized spacial score (nSPS) is 16.9. The zero-order chi connectivity index (χ0) is 17.1. The zero-order valence-corrected chi connectivity index (χ0v) is 12.5. The Balaban J connectivity index is 1.66. The monoisotopic (exact) mass is 327 g/mol. The molecule has 1 aliphatic heterocycles. The fourth-order valence-electron chi connectivity index (χ4n) is 2.42. The van der Waals surface area contributed by atoms with Crippen molar-refractivity contribution in [2.45, 2.75) is 6.04 Å². The molecule has 1 fully saturated rings. The molecular weight excluding hydrogens is 313 g/mol. The average molecular weight is 327 g/mol. The van der Waals surface area contributed by atoms with Crippen LogP contribution in [0.4, 0.5) is 14.9 Å². The average Bonchev–Trinajstić information content (AvgIpc) is 2.86. The molecule has 0 radical (unpaired) electrons. The molecule has 3 rings (SSSR count). The first-order valence-corrected chi connectivity index (χ1v) is 7.27. The second-order valence-corrected chi connectivity index (χ2v) is 5.27. The van der Waals surface area contributed by atoms with Gasteiger partial charge in [-0.25, -0.2) is 9.18 Å². The van der Waals surface area contributed by atoms with E-state index in [-0.39, 0.29) is 0 Å². The summed E-state index contributed by atoms with van der Waals surface area (Å²) in [4.78, 5) is 37.2. The van der Waals surface area contributed by atoms with E-state index in [0.717, 1.165) is 4.90 Å². The van der Waals surface area contributed by atoms with E-state index in [9.17, 15) is 18.8 Å². The number of nitrogens with one attached hydrogen (secondary N) is 2. The number of nitrogens with zero attached hydrogens (tertiary/aromatic N) is 1. The lowest BCUT2D eigenvalue weighted by Gasteiger charge is -2.13. The second-order valence-electron chi connectivity index (χ2n) is 5.27. The summed E-state index contributed by atoms with van der Waals surface area (Å²) in [5.41, 5.74) is 1.03. The van der Waals surface area contributed by atoms with Gasteiger partial charge in [0.2, 0.25) is 5.91 Å². The Morgan fingerprint density at radius 3 is 2.42 bits per heavy atom. The summed E-state index contributed by atoms with van der Waals surface area (Å²) >= 11 is 0. The van der Waals surface area contributed by atoms with Crippen molar-refractivity contribution < 1.29 is 18.8 Å². The van der Waals surface area contributed by atoms with Crippen LogP contribution in [0.2, 0.25) is 0 Å². The van der Waals surface area contributed by atoms with Crippen LogP contribution in [0, 0.1) is 5.82 Å².